The number of aromatic nitrogens is 3. The molecule has 0 saturated heterocycles. The quantitative estimate of drug-likeness (QED) is 0.157. The van der Waals surface area contributed by atoms with E-state index in [9.17, 15) is 52.3 Å². The van der Waals surface area contributed by atoms with Crippen molar-refractivity contribution in [2.45, 2.75) is 9.79 Å². The van der Waals surface area contributed by atoms with Gasteiger partial charge in [0.05, 0.1) is 28.7 Å². The number of rotatable bonds is 12. The van der Waals surface area contributed by atoms with Gasteiger partial charge in [0.15, 0.2) is 9.84 Å². The highest BCUT2D eigenvalue weighted by atomic mass is 32.3. The Morgan fingerprint density at radius 1 is 0.902 bits per heavy atom. The average Bonchev–Trinajstić information content (AvgIpc) is 2.79. The van der Waals surface area contributed by atoms with Crippen molar-refractivity contribution in [1.82, 2.24) is 15.0 Å². The number of benzene rings is 2. The molecular weight excluding hydrogens is 641 g/mol. The molecule has 0 bridgehead atoms. The Labute approximate surface area is 232 Å². The van der Waals surface area contributed by atoms with Gasteiger partial charge in [-0.25, -0.2) is 12.6 Å². The number of fused-ring (bicyclic) bond motifs is 1. The van der Waals surface area contributed by atoms with Crippen LogP contribution in [0.5, 0.6) is 5.75 Å². The van der Waals surface area contributed by atoms with Crippen molar-refractivity contribution >= 4 is 68.8 Å². The largest absolute Gasteiger partial charge is 0.507 e. The summed E-state index contributed by atoms with van der Waals surface area (Å²) in [5, 5.41) is 11.7. The molecule has 0 spiro atoms. The number of sulfone groups is 1. The van der Waals surface area contributed by atoms with Gasteiger partial charge in [0.1, 0.15) is 10.6 Å². The van der Waals surface area contributed by atoms with Crippen LogP contribution in [0.4, 0.5) is 22.0 Å². The molecule has 226 valence electrons. The number of phenols is 1. The lowest BCUT2D eigenvalue weighted by Crippen LogP contribution is -2.29. The topological polar surface area (TPSA) is 281 Å². The number of halogens is 1. The molecule has 1 aromatic heterocycles. The first-order chi connectivity index (χ1) is 18.7. The van der Waals surface area contributed by atoms with Crippen molar-refractivity contribution in [2.75, 3.05) is 41.9 Å². The first-order valence-corrected chi connectivity index (χ1v) is 16.7. The summed E-state index contributed by atoms with van der Waals surface area (Å²) in [6.45, 7) is -1.22. The maximum atomic E-state index is 14.2. The molecule has 0 atom stereocenters. The van der Waals surface area contributed by atoms with Gasteiger partial charge in [0, 0.05) is 30.4 Å². The second kappa shape index (κ2) is 11.5. The molecule has 0 fully saturated rings. The number of nitrogens with one attached hydrogen (secondary N) is 1. The molecule has 3 rings (SSSR count). The highest BCUT2D eigenvalue weighted by Gasteiger charge is 2.25. The van der Waals surface area contributed by atoms with E-state index in [0.717, 1.165) is 17.0 Å². The molecule has 18 nitrogen and oxygen atoms in total. The van der Waals surface area contributed by atoms with E-state index in [-0.39, 0.29) is 11.9 Å². The van der Waals surface area contributed by atoms with Crippen LogP contribution in [0.2, 0.25) is 0 Å². The number of aromatic hydroxyl groups is 1. The molecule has 0 radical (unpaired) electrons. The first-order valence-electron chi connectivity index (χ1n) is 10.6. The van der Waals surface area contributed by atoms with Gasteiger partial charge >= 0.3 is 16.5 Å². The second-order valence-corrected chi connectivity index (χ2v) is 14.3. The average molecular weight is 662 g/mol. The van der Waals surface area contributed by atoms with Gasteiger partial charge in [-0.05, 0) is 18.2 Å². The van der Waals surface area contributed by atoms with E-state index in [0.29, 0.717) is 12.1 Å². The van der Waals surface area contributed by atoms with Crippen LogP contribution < -0.4 is 10.2 Å². The van der Waals surface area contributed by atoms with Gasteiger partial charge in [0.2, 0.25) is 11.9 Å². The predicted molar refractivity (Wildman–Crippen MR) is 138 cm³/mol. The Bertz CT molecular complexity index is 1940. The van der Waals surface area contributed by atoms with Gasteiger partial charge in [-0.3, -0.25) is 13.7 Å². The molecule has 41 heavy (non-hydrogen) atoms. The molecule has 0 aliphatic rings. The molecule has 3 aromatic rings. The van der Waals surface area contributed by atoms with E-state index in [1.807, 2.05) is 0 Å². The highest BCUT2D eigenvalue weighted by Crippen LogP contribution is 2.37. The third kappa shape index (κ3) is 8.59. The van der Waals surface area contributed by atoms with E-state index in [1.54, 1.807) is 0 Å². The van der Waals surface area contributed by atoms with Crippen LogP contribution in [0.25, 0.3) is 10.8 Å². The van der Waals surface area contributed by atoms with Gasteiger partial charge in [-0.2, -0.15) is 44.6 Å². The molecule has 0 amide bonds. The first kappa shape index (κ1) is 32.2. The number of hydrogen-bond donors (Lipinski definition) is 5. The molecule has 0 aliphatic heterocycles. The summed E-state index contributed by atoms with van der Waals surface area (Å²) in [4.78, 5) is 9.78. The summed E-state index contributed by atoms with van der Waals surface area (Å²) in [6, 6.07) is 3.41. The Morgan fingerprint density at radius 2 is 1.56 bits per heavy atom. The van der Waals surface area contributed by atoms with E-state index < -0.39 is 103 Å². The van der Waals surface area contributed by atoms with Crippen LogP contribution in [0.3, 0.4) is 0 Å². The number of anilines is 3. The Kier molecular flexibility index (Phi) is 9.04. The van der Waals surface area contributed by atoms with Crippen LogP contribution in [-0.2, 0) is 44.7 Å². The van der Waals surface area contributed by atoms with Crippen molar-refractivity contribution in [2.24, 2.45) is 0 Å². The molecule has 0 aliphatic carbocycles. The third-order valence-electron chi connectivity index (χ3n) is 5.14. The lowest BCUT2D eigenvalue weighted by atomic mass is 10.1. The smallest absolute Gasteiger partial charge is 0.397 e. The summed E-state index contributed by atoms with van der Waals surface area (Å²) < 4.78 is 139. The monoisotopic (exact) mass is 661 g/mol. The Morgan fingerprint density at radius 3 is 2.15 bits per heavy atom. The summed E-state index contributed by atoms with van der Waals surface area (Å²) in [7, 11) is -17.7. The fourth-order valence-electron chi connectivity index (χ4n) is 3.32. The minimum Gasteiger partial charge on any atom is -0.507 e. The standard InChI is InChI=1S/C18H20FN5O13S4/c1-24(4-6-38(26,27)7-5-37-41(34,35)36)18-22-16(19)21-17(23-18)20-13-3-2-11-12(15(13)40(31,32)33)8-10(9-14(11)25)39(28,29)30/h2-3,8-9,25H,4-7H2,1H3,(H,28,29,30)(H,31,32,33)(H,34,35,36)(H,20,21,22,23). The normalized spacial score (nSPS) is 12.9. The van der Waals surface area contributed by atoms with E-state index in [1.165, 1.54) is 7.05 Å². The Balaban J connectivity index is 1.95. The molecule has 1 heterocycles. The number of hydrogen-bond acceptors (Lipinski definition) is 15. The maximum absolute atomic E-state index is 14.2. The van der Waals surface area contributed by atoms with E-state index in [4.69, 9.17) is 4.55 Å². The van der Waals surface area contributed by atoms with Gasteiger partial charge in [-0.1, -0.05) is 0 Å². The molecule has 23 heteroatoms. The third-order valence-corrected chi connectivity index (χ3v) is 8.99. The second-order valence-electron chi connectivity index (χ2n) is 8.11. The summed E-state index contributed by atoms with van der Waals surface area (Å²) in [6.07, 6.45) is -1.41. The van der Waals surface area contributed by atoms with Crippen LogP contribution >= 0.6 is 0 Å². The molecule has 2 aromatic carbocycles. The van der Waals surface area contributed by atoms with Gasteiger partial charge in [-0.15, -0.1) is 0 Å². The number of nitrogens with zero attached hydrogens (tertiary/aromatic N) is 4. The van der Waals surface area contributed by atoms with Crippen LogP contribution in [0.15, 0.2) is 34.1 Å². The van der Waals surface area contributed by atoms with Gasteiger partial charge < -0.3 is 15.3 Å². The molecule has 5 N–H and O–H groups in total. The fourth-order valence-corrected chi connectivity index (χ4v) is 6.18. The van der Waals surface area contributed by atoms with Crippen LogP contribution in [0.1, 0.15) is 0 Å². The highest BCUT2D eigenvalue weighted by molar-refractivity contribution is 7.91. The Hall–Kier alpha value is -3.32. The van der Waals surface area contributed by atoms with Gasteiger partial charge in [0.25, 0.3) is 20.2 Å². The molecular formula is C18H20FN5O13S4. The minimum atomic E-state index is -5.19. The fraction of sp³-hybridized carbons (Fsp3) is 0.278. The van der Waals surface area contributed by atoms with Crippen molar-refractivity contribution in [3.8, 4) is 5.75 Å². The van der Waals surface area contributed by atoms with E-state index >= 15 is 0 Å². The minimum absolute atomic E-state index is 0.249. The van der Waals surface area contributed by atoms with Crippen LogP contribution in [0, 0.1) is 6.08 Å². The lowest BCUT2D eigenvalue weighted by molar-refractivity contribution is 0.284. The summed E-state index contributed by atoms with van der Waals surface area (Å²) >= 11 is 0. The lowest BCUT2D eigenvalue weighted by Gasteiger charge is -2.18. The summed E-state index contributed by atoms with van der Waals surface area (Å²) in [5.41, 5.74) is -0.521. The van der Waals surface area contributed by atoms with Crippen molar-refractivity contribution in [3.05, 3.63) is 30.3 Å². The zero-order valence-electron chi connectivity index (χ0n) is 20.4. The van der Waals surface area contributed by atoms with E-state index in [2.05, 4.69) is 24.5 Å². The van der Waals surface area contributed by atoms with Crippen molar-refractivity contribution < 1.29 is 61.0 Å². The summed E-state index contributed by atoms with van der Waals surface area (Å²) in [5.74, 6) is -3.27. The molecule has 0 unspecified atom stereocenters. The molecule has 0 saturated carbocycles. The maximum Gasteiger partial charge on any atom is 0.397 e. The zero-order valence-corrected chi connectivity index (χ0v) is 23.7. The SMILES string of the molecule is CN(CCS(=O)(=O)CCOS(=O)(=O)O)c1nc(F)nc(Nc2ccc3c(O)cc(S(=O)(=O)O)cc3c2S(=O)(=O)O)n1. The van der Waals surface area contributed by atoms with Crippen LogP contribution in [-0.4, -0.2) is 99.1 Å². The predicted octanol–water partition coefficient (Wildman–Crippen LogP) is -0.223. The number of phenolic OH excluding ortho intramolecular Hbond substituents is 1. The van der Waals surface area contributed by atoms with Crippen molar-refractivity contribution in [1.29, 1.82) is 0 Å². The van der Waals surface area contributed by atoms with Crippen molar-refractivity contribution in [3.63, 3.8) is 0 Å². The zero-order chi connectivity index (χ0) is 31.0.